The Morgan fingerprint density at radius 3 is 2.71 bits per heavy atom. The second-order valence-electron chi connectivity index (χ2n) is 4.58. The third kappa shape index (κ3) is 5.72. The smallest absolute Gasteiger partial charge is 0.310 e. The van der Waals surface area contributed by atoms with E-state index in [-0.39, 0.29) is 11.9 Å². The molecular weight excluding hydrogens is 270 g/mol. The number of nitrogens with one attached hydrogen (secondary N) is 2. The van der Waals surface area contributed by atoms with Crippen LogP contribution in [0, 0.1) is 5.92 Å². The van der Waals surface area contributed by atoms with Gasteiger partial charge in [0.05, 0.1) is 20.1 Å². The van der Waals surface area contributed by atoms with Gasteiger partial charge in [-0.15, -0.1) is 0 Å². The zero-order valence-corrected chi connectivity index (χ0v) is 13.0. The van der Waals surface area contributed by atoms with Crippen molar-refractivity contribution >= 4 is 11.9 Å². The second kappa shape index (κ2) is 8.84. The van der Waals surface area contributed by atoms with Crippen LogP contribution in [-0.4, -0.2) is 39.7 Å². The van der Waals surface area contributed by atoms with E-state index >= 15 is 0 Å². The fourth-order valence-electron chi connectivity index (χ4n) is 1.72. The summed E-state index contributed by atoms with van der Waals surface area (Å²) in [6.45, 7) is 2.88. The molecule has 0 bridgehead atoms. The van der Waals surface area contributed by atoms with Crippen LogP contribution in [0.3, 0.4) is 0 Å². The third-order valence-electron chi connectivity index (χ3n) is 3.00. The van der Waals surface area contributed by atoms with E-state index in [1.807, 2.05) is 24.3 Å². The van der Waals surface area contributed by atoms with Gasteiger partial charge in [-0.1, -0.05) is 19.1 Å². The molecule has 0 aliphatic heterocycles. The zero-order chi connectivity index (χ0) is 15.7. The molecule has 0 aliphatic rings. The van der Waals surface area contributed by atoms with E-state index in [4.69, 9.17) is 4.74 Å². The van der Waals surface area contributed by atoms with Crippen LogP contribution in [0.4, 0.5) is 0 Å². The Kier molecular flexibility index (Phi) is 7.08. The first-order valence-electron chi connectivity index (χ1n) is 6.76. The van der Waals surface area contributed by atoms with Crippen molar-refractivity contribution in [2.75, 3.05) is 27.8 Å². The summed E-state index contributed by atoms with van der Waals surface area (Å²) in [5, 5.41) is 6.27. The van der Waals surface area contributed by atoms with Gasteiger partial charge in [0, 0.05) is 20.1 Å². The molecule has 0 saturated carbocycles. The molecule has 1 rings (SSSR count). The van der Waals surface area contributed by atoms with E-state index in [0.717, 1.165) is 11.3 Å². The maximum absolute atomic E-state index is 11.3. The number of carbonyl (C=O) groups is 1. The number of hydrogen-bond acceptors (Lipinski definition) is 4. The lowest BCUT2D eigenvalue weighted by Gasteiger charge is -2.15. The molecule has 21 heavy (non-hydrogen) atoms. The van der Waals surface area contributed by atoms with Crippen molar-refractivity contribution in [1.82, 2.24) is 10.6 Å². The van der Waals surface area contributed by atoms with Gasteiger partial charge in [-0.25, -0.2) is 0 Å². The minimum Gasteiger partial charge on any atom is -0.497 e. The minimum absolute atomic E-state index is 0.231. The molecule has 0 fully saturated rings. The average Bonchev–Trinajstić information content (AvgIpc) is 2.54. The highest BCUT2D eigenvalue weighted by molar-refractivity contribution is 5.80. The molecule has 116 valence electrons. The van der Waals surface area contributed by atoms with Gasteiger partial charge in [-0.2, -0.15) is 0 Å². The average molecular weight is 293 g/mol. The van der Waals surface area contributed by atoms with Gasteiger partial charge in [0.25, 0.3) is 0 Å². The fraction of sp³-hybridized carbons (Fsp3) is 0.467. The molecule has 0 aromatic heterocycles. The van der Waals surface area contributed by atoms with E-state index in [9.17, 15) is 4.79 Å². The van der Waals surface area contributed by atoms with Crippen LogP contribution in [-0.2, 0) is 16.1 Å². The zero-order valence-electron chi connectivity index (χ0n) is 13.0. The van der Waals surface area contributed by atoms with Gasteiger partial charge in [-0.3, -0.25) is 9.79 Å². The second-order valence-corrected chi connectivity index (χ2v) is 4.58. The summed E-state index contributed by atoms with van der Waals surface area (Å²) in [6.07, 6.45) is 0. The molecule has 1 aromatic carbocycles. The molecular formula is C15H23N3O3. The van der Waals surface area contributed by atoms with Gasteiger partial charge in [0.1, 0.15) is 5.75 Å². The Hall–Kier alpha value is -2.24. The Morgan fingerprint density at radius 1 is 1.33 bits per heavy atom. The quantitative estimate of drug-likeness (QED) is 0.468. The molecule has 0 amide bonds. The summed E-state index contributed by atoms with van der Waals surface area (Å²) in [5.74, 6) is 0.973. The maximum Gasteiger partial charge on any atom is 0.310 e. The SMILES string of the molecule is CN=C(NCc1cccc(OC)c1)NCC(C)C(=O)OC. The van der Waals surface area contributed by atoms with E-state index in [0.29, 0.717) is 19.0 Å². The number of carbonyl (C=O) groups excluding carboxylic acids is 1. The summed E-state index contributed by atoms with van der Waals surface area (Å²) >= 11 is 0. The molecule has 0 saturated heterocycles. The van der Waals surface area contributed by atoms with Gasteiger partial charge in [0.15, 0.2) is 5.96 Å². The minimum atomic E-state index is -0.245. The lowest BCUT2D eigenvalue weighted by Crippen LogP contribution is -2.40. The van der Waals surface area contributed by atoms with E-state index < -0.39 is 0 Å². The first-order valence-corrected chi connectivity index (χ1v) is 6.76. The predicted octanol–water partition coefficient (Wildman–Crippen LogP) is 1.17. The molecule has 0 spiro atoms. The van der Waals surface area contributed by atoms with Gasteiger partial charge in [-0.05, 0) is 17.7 Å². The summed E-state index contributed by atoms with van der Waals surface area (Å²) in [6, 6.07) is 7.79. The Labute approximate surface area is 125 Å². The van der Waals surface area contributed by atoms with Crippen LogP contribution in [0.25, 0.3) is 0 Å². The van der Waals surface area contributed by atoms with Crippen molar-refractivity contribution in [3.8, 4) is 5.75 Å². The first-order chi connectivity index (χ1) is 10.1. The highest BCUT2D eigenvalue weighted by Crippen LogP contribution is 2.11. The van der Waals surface area contributed by atoms with Crippen LogP contribution in [0.15, 0.2) is 29.3 Å². The number of methoxy groups -OCH3 is 2. The lowest BCUT2D eigenvalue weighted by atomic mass is 10.2. The normalized spacial score (nSPS) is 12.5. The summed E-state index contributed by atoms with van der Waals surface area (Å²) in [5.41, 5.74) is 1.08. The number of hydrogen-bond donors (Lipinski definition) is 2. The van der Waals surface area contributed by atoms with Gasteiger partial charge in [0.2, 0.25) is 0 Å². The number of guanidine groups is 1. The monoisotopic (exact) mass is 293 g/mol. The molecule has 6 heteroatoms. The van der Waals surface area contributed by atoms with Crippen LogP contribution in [0.2, 0.25) is 0 Å². The van der Waals surface area contributed by atoms with E-state index in [1.54, 1.807) is 21.1 Å². The summed E-state index contributed by atoms with van der Waals surface area (Å²) < 4.78 is 9.86. The van der Waals surface area contributed by atoms with Crippen LogP contribution >= 0.6 is 0 Å². The van der Waals surface area contributed by atoms with Gasteiger partial charge >= 0.3 is 5.97 Å². The van der Waals surface area contributed by atoms with Crippen LogP contribution < -0.4 is 15.4 Å². The standard InChI is InChI=1S/C15H23N3O3/c1-11(14(19)21-4)9-17-15(16-2)18-10-12-6-5-7-13(8-12)20-3/h5-8,11H,9-10H2,1-4H3,(H2,16,17,18). The maximum atomic E-state index is 11.3. The Bertz CT molecular complexity index is 489. The van der Waals surface area contributed by atoms with Gasteiger partial charge < -0.3 is 20.1 Å². The molecule has 0 radical (unpaired) electrons. The molecule has 6 nitrogen and oxygen atoms in total. The Morgan fingerprint density at radius 2 is 2.10 bits per heavy atom. The van der Waals surface area contributed by atoms with E-state index in [1.165, 1.54) is 7.11 Å². The number of nitrogens with zero attached hydrogens (tertiary/aromatic N) is 1. The van der Waals surface area contributed by atoms with E-state index in [2.05, 4.69) is 20.4 Å². The highest BCUT2D eigenvalue weighted by Gasteiger charge is 2.13. The lowest BCUT2D eigenvalue weighted by molar-refractivity contribution is -0.144. The van der Waals surface area contributed by atoms with Crippen LogP contribution in [0.1, 0.15) is 12.5 Å². The highest BCUT2D eigenvalue weighted by atomic mass is 16.5. The molecule has 0 aliphatic carbocycles. The summed E-state index contributed by atoms with van der Waals surface area (Å²) in [7, 11) is 4.71. The van der Waals surface area contributed by atoms with Crippen LogP contribution in [0.5, 0.6) is 5.75 Å². The van der Waals surface area contributed by atoms with Crippen molar-refractivity contribution in [3.05, 3.63) is 29.8 Å². The predicted molar refractivity (Wildman–Crippen MR) is 82.4 cm³/mol. The number of benzene rings is 1. The number of aliphatic imine (C=N–C) groups is 1. The summed E-state index contributed by atoms with van der Waals surface area (Å²) in [4.78, 5) is 15.4. The molecule has 0 heterocycles. The molecule has 1 atom stereocenters. The molecule has 1 aromatic rings. The topological polar surface area (TPSA) is 72.0 Å². The molecule has 2 N–H and O–H groups in total. The Balaban J connectivity index is 2.46. The number of ether oxygens (including phenoxy) is 2. The number of esters is 1. The van der Waals surface area contributed by atoms with Crippen molar-refractivity contribution in [2.24, 2.45) is 10.9 Å². The van der Waals surface area contributed by atoms with Crippen molar-refractivity contribution < 1.29 is 14.3 Å². The number of rotatable bonds is 6. The van der Waals surface area contributed by atoms with Crippen molar-refractivity contribution in [1.29, 1.82) is 0 Å². The first kappa shape index (κ1) is 16.8. The van der Waals surface area contributed by atoms with Crippen molar-refractivity contribution in [3.63, 3.8) is 0 Å². The fourth-order valence-corrected chi connectivity index (χ4v) is 1.72. The third-order valence-corrected chi connectivity index (χ3v) is 3.00. The largest absolute Gasteiger partial charge is 0.497 e. The molecule has 1 unspecified atom stereocenters. The van der Waals surface area contributed by atoms with Crippen molar-refractivity contribution in [2.45, 2.75) is 13.5 Å².